The Morgan fingerprint density at radius 3 is 2.84 bits per heavy atom. The Bertz CT molecular complexity index is 558. The monoisotopic (exact) mass is 327 g/mol. The Balaban J connectivity index is 2.46. The number of halogens is 1. The molecule has 0 aliphatic carbocycles. The van der Waals surface area contributed by atoms with Gasteiger partial charge < -0.3 is 15.2 Å². The summed E-state index contributed by atoms with van der Waals surface area (Å²) in [6.45, 7) is 3.70. The van der Waals surface area contributed by atoms with Gasteiger partial charge in [0.25, 0.3) is 5.91 Å². The van der Waals surface area contributed by atoms with Crippen LogP contribution in [0.5, 0.6) is 0 Å². The first-order valence-corrected chi connectivity index (χ1v) is 6.68. The highest BCUT2D eigenvalue weighted by Gasteiger charge is 2.49. The van der Waals surface area contributed by atoms with Crippen LogP contribution in [0.15, 0.2) is 16.6 Å². The maximum Gasteiger partial charge on any atom is 0.309 e. The number of amides is 1. The number of benzene rings is 1. The maximum absolute atomic E-state index is 12.0. The number of aliphatic hydroxyl groups is 1. The number of nitrogens with one attached hydrogen (secondary N) is 1. The average Bonchev–Trinajstić information content (AvgIpc) is 2.58. The van der Waals surface area contributed by atoms with Crippen molar-refractivity contribution in [2.75, 3.05) is 11.9 Å². The van der Waals surface area contributed by atoms with E-state index in [2.05, 4.69) is 21.2 Å². The summed E-state index contributed by atoms with van der Waals surface area (Å²) in [7, 11) is 0. The third kappa shape index (κ3) is 2.26. The van der Waals surface area contributed by atoms with Crippen molar-refractivity contribution in [3.8, 4) is 0 Å². The second-order valence-electron chi connectivity index (χ2n) is 4.41. The third-order valence-corrected chi connectivity index (χ3v) is 3.76. The number of carbonyl (C=O) groups is 2. The molecule has 5 nitrogen and oxygen atoms in total. The summed E-state index contributed by atoms with van der Waals surface area (Å²) < 4.78 is 5.39. The molecule has 1 aromatic carbocycles. The molecule has 0 saturated heterocycles. The van der Waals surface area contributed by atoms with Crippen LogP contribution in [-0.2, 0) is 19.9 Å². The first-order valence-electron chi connectivity index (χ1n) is 5.89. The van der Waals surface area contributed by atoms with Gasteiger partial charge in [0.05, 0.1) is 18.7 Å². The largest absolute Gasteiger partial charge is 0.466 e. The lowest BCUT2D eigenvalue weighted by atomic mass is 9.91. The minimum absolute atomic E-state index is 0.207. The van der Waals surface area contributed by atoms with Crippen molar-refractivity contribution in [1.82, 2.24) is 0 Å². The minimum atomic E-state index is -1.88. The van der Waals surface area contributed by atoms with Gasteiger partial charge in [0, 0.05) is 10.0 Å². The lowest BCUT2D eigenvalue weighted by Gasteiger charge is -2.20. The molecule has 102 valence electrons. The average molecular weight is 328 g/mol. The van der Waals surface area contributed by atoms with E-state index in [1.165, 1.54) is 0 Å². The number of anilines is 1. The molecule has 1 unspecified atom stereocenters. The molecule has 19 heavy (non-hydrogen) atoms. The van der Waals surface area contributed by atoms with Crippen LogP contribution in [0.3, 0.4) is 0 Å². The number of rotatable bonds is 3. The van der Waals surface area contributed by atoms with Crippen LogP contribution in [0.1, 0.15) is 24.5 Å². The van der Waals surface area contributed by atoms with E-state index in [-0.39, 0.29) is 6.61 Å². The van der Waals surface area contributed by atoms with E-state index in [1.807, 2.05) is 13.0 Å². The van der Waals surface area contributed by atoms with E-state index < -0.39 is 23.9 Å². The standard InChI is InChI=1S/C13H14BrNO4/c1-3-19-9(16)6-13(18)10-8(14)5-4-7(2)11(10)15-12(13)17/h4-5,18H,3,6H2,1-2H3,(H,15,17). The van der Waals surface area contributed by atoms with Crippen molar-refractivity contribution in [3.05, 3.63) is 27.7 Å². The van der Waals surface area contributed by atoms with Crippen molar-refractivity contribution < 1.29 is 19.4 Å². The second-order valence-corrected chi connectivity index (χ2v) is 5.26. The van der Waals surface area contributed by atoms with Crippen molar-refractivity contribution in [3.63, 3.8) is 0 Å². The van der Waals surface area contributed by atoms with Gasteiger partial charge in [-0.05, 0) is 25.5 Å². The number of hydrogen-bond acceptors (Lipinski definition) is 4. The van der Waals surface area contributed by atoms with Crippen molar-refractivity contribution in [2.45, 2.75) is 25.9 Å². The van der Waals surface area contributed by atoms with Crippen LogP contribution < -0.4 is 5.32 Å². The van der Waals surface area contributed by atoms with E-state index in [0.717, 1.165) is 5.56 Å². The molecule has 1 atom stereocenters. The first-order chi connectivity index (χ1) is 8.90. The van der Waals surface area contributed by atoms with Gasteiger partial charge in [-0.1, -0.05) is 22.0 Å². The predicted octanol–water partition coefficient (Wildman–Crippen LogP) is 1.85. The Labute approximate surface area is 119 Å². The van der Waals surface area contributed by atoms with Crippen LogP contribution in [0.2, 0.25) is 0 Å². The minimum Gasteiger partial charge on any atom is -0.466 e. The molecule has 2 N–H and O–H groups in total. The Morgan fingerprint density at radius 2 is 2.21 bits per heavy atom. The Kier molecular flexibility index (Phi) is 3.64. The normalized spacial score (nSPS) is 20.9. The quantitative estimate of drug-likeness (QED) is 0.831. The van der Waals surface area contributed by atoms with E-state index in [9.17, 15) is 14.7 Å². The van der Waals surface area contributed by atoms with Gasteiger partial charge in [0.2, 0.25) is 0 Å². The highest BCUT2D eigenvalue weighted by atomic mass is 79.9. The Hall–Kier alpha value is -1.40. The van der Waals surface area contributed by atoms with E-state index >= 15 is 0 Å². The Morgan fingerprint density at radius 1 is 1.53 bits per heavy atom. The molecule has 1 aliphatic heterocycles. The van der Waals surface area contributed by atoms with Crippen molar-refractivity contribution in [2.24, 2.45) is 0 Å². The summed E-state index contributed by atoms with van der Waals surface area (Å²) in [5.74, 6) is -1.22. The van der Waals surface area contributed by atoms with Gasteiger partial charge in [-0.15, -0.1) is 0 Å². The van der Waals surface area contributed by atoms with Gasteiger partial charge in [0.15, 0.2) is 5.60 Å². The molecule has 6 heteroatoms. The molecule has 0 fully saturated rings. The van der Waals surface area contributed by atoms with Crippen LogP contribution in [0.4, 0.5) is 5.69 Å². The molecule has 2 rings (SSSR count). The molecule has 1 heterocycles. The number of carbonyl (C=O) groups excluding carboxylic acids is 2. The van der Waals surface area contributed by atoms with Gasteiger partial charge in [-0.3, -0.25) is 9.59 Å². The van der Waals surface area contributed by atoms with Crippen LogP contribution in [0, 0.1) is 6.92 Å². The lowest BCUT2D eigenvalue weighted by Crippen LogP contribution is -2.37. The molecule has 0 spiro atoms. The fraction of sp³-hybridized carbons (Fsp3) is 0.385. The topological polar surface area (TPSA) is 75.6 Å². The lowest BCUT2D eigenvalue weighted by molar-refractivity contribution is -0.154. The SMILES string of the molecule is CCOC(=O)CC1(O)C(=O)Nc2c(C)ccc(Br)c21. The fourth-order valence-corrected chi connectivity index (χ4v) is 2.83. The molecular formula is C13H14BrNO4. The number of esters is 1. The zero-order chi connectivity index (χ0) is 14.2. The van der Waals surface area contributed by atoms with Crippen LogP contribution in [-0.4, -0.2) is 23.6 Å². The van der Waals surface area contributed by atoms with E-state index in [4.69, 9.17) is 4.74 Å². The summed E-state index contributed by atoms with van der Waals surface area (Å²) in [4.78, 5) is 23.6. The van der Waals surface area contributed by atoms with E-state index in [0.29, 0.717) is 15.7 Å². The zero-order valence-corrected chi connectivity index (χ0v) is 12.2. The van der Waals surface area contributed by atoms with Gasteiger partial charge in [0.1, 0.15) is 0 Å². The number of aryl methyl sites for hydroxylation is 1. The summed E-state index contributed by atoms with van der Waals surface area (Å²) in [6.07, 6.45) is -0.401. The smallest absolute Gasteiger partial charge is 0.309 e. The van der Waals surface area contributed by atoms with Crippen molar-refractivity contribution >= 4 is 33.5 Å². The summed E-state index contributed by atoms with van der Waals surface area (Å²) in [5, 5.41) is 13.2. The van der Waals surface area contributed by atoms with Gasteiger partial charge >= 0.3 is 5.97 Å². The second kappa shape index (κ2) is 4.94. The molecule has 1 aliphatic rings. The highest BCUT2D eigenvalue weighted by Crippen LogP contribution is 2.44. The molecule has 1 amide bonds. The molecular weight excluding hydrogens is 314 g/mol. The summed E-state index contributed by atoms with van der Waals surface area (Å²) in [5.41, 5.74) is -0.116. The summed E-state index contributed by atoms with van der Waals surface area (Å²) in [6, 6.07) is 3.56. The molecule has 0 aromatic heterocycles. The molecule has 0 bridgehead atoms. The number of fused-ring (bicyclic) bond motifs is 1. The van der Waals surface area contributed by atoms with Gasteiger partial charge in [-0.2, -0.15) is 0 Å². The zero-order valence-electron chi connectivity index (χ0n) is 10.6. The van der Waals surface area contributed by atoms with Crippen LogP contribution >= 0.6 is 15.9 Å². The maximum atomic E-state index is 12.0. The van der Waals surface area contributed by atoms with Crippen LogP contribution in [0.25, 0.3) is 0 Å². The summed E-state index contributed by atoms with van der Waals surface area (Å²) >= 11 is 3.31. The predicted molar refractivity (Wildman–Crippen MR) is 72.7 cm³/mol. The third-order valence-electron chi connectivity index (χ3n) is 3.10. The molecule has 1 aromatic rings. The highest BCUT2D eigenvalue weighted by molar-refractivity contribution is 9.10. The van der Waals surface area contributed by atoms with Crippen molar-refractivity contribution in [1.29, 1.82) is 0 Å². The van der Waals surface area contributed by atoms with Gasteiger partial charge in [-0.25, -0.2) is 0 Å². The number of ether oxygens (including phenoxy) is 1. The molecule has 0 radical (unpaired) electrons. The molecule has 0 saturated carbocycles. The van der Waals surface area contributed by atoms with E-state index in [1.54, 1.807) is 13.0 Å². The number of hydrogen-bond donors (Lipinski definition) is 2. The first kappa shape index (κ1) is 14.0. The fourth-order valence-electron chi connectivity index (χ4n) is 2.17.